The van der Waals surface area contributed by atoms with Crippen LogP contribution in [0.5, 0.6) is 5.75 Å². The molecule has 0 atom stereocenters. The maximum atomic E-state index is 13.2. The number of alkyl halides is 3. The van der Waals surface area contributed by atoms with Crippen molar-refractivity contribution < 1.29 is 27.6 Å². The molecule has 1 aliphatic heterocycles. The molecule has 0 bridgehead atoms. The quantitative estimate of drug-likeness (QED) is 0.530. The van der Waals surface area contributed by atoms with E-state index < -0.39 is 28.3 Å². The van der Waals surface area contributed by atoms with Crippen molar-refractivity contribution in [2.45, 2.75) is 25.9 Å². The molecule has 0 unspecified atom stereocenters. The Hall–Kier alpha value is -3.30. The average molecular weight is 423 g/mol. The van der Waals surface area contributed by atoms with Gasteiger partial charge in [-0.15, -0.1) is 0 Å². The predicted octanol–water partition coefficient (Wildman–Crippen LogP) is 4.86. The number of carbonyl (C=O) groups is 1. The molecule has 1 fully saturated rings. The van der Waals surface area contributed by atoms with E-state index in [4.69, 9.17) is 4.74 Å². The molecule has 1 amide bonds. The van der Waals surface area contributed by atoms with Gasteiger partial charge in [0.25, 0.3) is 5.91 Å². The van der Waals surface area contributed by atoms with Gasteiger partial charge in [0.1, 0.15) is 0 Å². The van der Waals surface area contributed by atoms with Gasteiger partial charge >= 0.3 is 11.9 Å². The predicted molar refractivity (Wildman–Crippen MR) is 105 cm³/mol. The number of amides is 1. The third-order valence-corrected chi connectivity index (χ3v) is 4.74. The molecule has 0 radical (unpaired) electrons. The molecule has 2 aromatic rings. The summed E-state index contributed by atoms with van der Waals surface area (Å²) in [5, 5.41) is 13.8. The number of halogens is 3. The first-order valence-corrected chi connectivity index (χ1v) is 9.39. The summed E-state index contributed by atoms with van der Waals surface area (Å²) in [5.74, 6) is -0.739. The first-order valence-electron chi connectivity index (χ1n) is 9.39. The lowest BCUT2D eigenvalue weighted by Crippen LogP contribution is -2.22. The summed E-state index contributed by atoms with van der Waals surface area (Å²) in [4.78, 5) is 25.2. The number of nitrogens with zero attached hydrogens (tertiary/aromatic N) is 2. The Morgan fingerprint density at radius 2 is 1.90 bits per heavy atom. The van der Waals surface area contributed by atoms with Crippen molar-refractivity contribution in [2.75, 3.05) is 29.9 Å². The van der Waals surface area contributed by atoms with E-state index in [0.29, 0.717) is 18.8 Å². The van der Waals surface area contributed by atoms with Crippen molar-refractivity contribution in [3.8, 4) is 5.75 Å². The van der Waals surface area contributed by atoms with Crippen LogP contribution < -0.4 is 15.0 Å². The zero-order chi connectivity index (χ0) is 21.9. The number of hydrogen-bond donors (Lipinski definition) is 1. The molecule has 30 heavy (non-hydrogen) atoms. The van der Waals surface area contributed by atoms with Crippen molar-refractivity contribution in [3.63, 3.8) is 0 Å². The number of rotatable bonds is 6. The molecule has 0 saturated carbocycles. The van der Waals surface area contributed by atoms with Crippen molar-refractivity contribution in [2.24, 2.45) is 0 Å². The van der Waals surface area contributed by atoms with Crippen LogP contribution in [0.1, 0.15) is 35.7 Å². The van der Waals surface area contributed by atoms with Crippen molar-refractivity contribution in [1.29, 1.82) is 0 Å². The average Bonchev–Trinajstić information content (AvgIpc) is 3.22. The summed E-state index contributed by atoms with van der Waals surface area (Å²) in [6, 6.07) is 6.87. The Morgan fingerprint density at radius 3 is 2.50 bits per heavy atom. The van der Waals surface area contributed by atoms with E-state index in [1.54, 1.807) is 6.92 Å². The Labute approximate surface area is 170 Å². The fraction of sp³-hybridized carbons (Fsp3) is 0.350. The van der Waals surface area contributed by atoms with Gasteiger partial charge in [0.05, 0.1) is 28.5 Å². The number of nitro groups is 1. The second-order valence-corrected chi connectivity index (χ2v) is 6.75. The first kappa shape index (κ1) is 21.4. The van der Waals surface area contributed by atoms with Crippen molar-refractivity contribution in [3.05, 3.63) is 57.6 Å². The maximum Gasteiger partial charge on any atom is 0.416 e. The fourth-order valence-electron chi connectivity index (χ4n) is 3.32. The zero-order valence-electron chi connectivity index (χ0n) is 16.2. The normalized spacial score (nSPS) is 13.9. The smallest absolute Gasteiger partial charge is 0.416 e. The topological polar surface area (TPSA) is 84.7 Å². The lowest BCUT2D eigenvalue weighted by atomic mass is 10.1. The second kappa shape index (κ2) is 8.60. The number of anilines is 2. The van der Waals surface area contributed by atoms with E-state index in [-0.39, 0.29) is 23.6 Å². The number of nitro benzene ring substituents is 1. The molecule has 1 saturated heterocycles. The minimum absolute atomic E-state index is 0.00765. The van der Waals surface area contributed by atoms with Gasteiger partial charge in [-0.05, 0) is 50.1 Å². The van der Waals surface area contributed by atoms with Crippen LogP contribution >= 0.6 is 0 Å². The van der Waals surface area contributed by atoms with Crippen LogP contribution in [-0.2, 0) is 6.18 Å². The van der Waals surface area contributed by atoms with E-state index in [9.17, 15) is 28.1 Å². The molecule has 2 aromatic carbocycles. The molecular weight excluding hydrogens is 403 g/mol. The summed E-state index contributed by atoms with van der Waals surface area (Å²) in [5.41, 5.74) is -0.857. The number of hydrogen-bond acceptors (Lipinski definition) is 5. The number of carbonyl (C=O) groups excluding carboxylic acids is 1. The van der Waals surface area contributed by atoms with Crippen LogP contribution in [-0.4, -0.2) is 30.5 Å². The summed E-state index contributed by atoms with van der Waals surface area (Å²) in [6.45, 7) is 3.21. The minimum atomic E-state index is -4.57. The minimum Gasteiger partial charge on any atom is -0.487 e. The van der Waals surface area contributed by atoms with Crippen LogP contribution in [0.3, 0.4) is 0 Å². The summed E-state index contributed by atoms with van der Waals surface area (Å²) < 4.78 is 44.7. The Balaban J connectivity index is 1.95. The molecule has 1 heterocycles. The van der Waals surface area contributed by atoms with Gasteiger partial charge in [0.15, 0.2) is 5.75 Å². The van der Waals surface area contributed by atoms with Gasteiger partial charge in [-0.3, -0.25) is 14.9 Å². The highest BCUT2D eigenvalue weighted by Gasteiger charge is 2.32. The first-order chi connectivity index (χ1) is 14.2. The van der Waals surface area contributed by atoms with E-state index in [0.717, 1.165) is 31.0 Å². The number of benzene rings is 2. The van der Waals surface area contributed by atoms with Crippen LogP contribution in [0, 0.1) is 10.1 Å². The van der Waals surface area contributed by atoms with Gasteiger partial charge in [-0.2, -0.15) is 13.2 Å². The highest BCUT2D eigenvalue weighted by atomic mass is 19.4. The van der Waals surface area contributed by atoms with Gasteiger partial charge in [-0.25, -0.2) is 0 Å². The summed E-state index contributed by atoms with van der Waals surface area (Å²) >= 11 is 0. The van der Waals surface area contributed by atoms with Gasteiger partial charge in [0, 0.05) is 24.7 Å². The highest BCUT2D eigenvalue weighted by Crippen LogP contribution is 2.37. The highest BCUT2D eigenvalue weighted by molar-refractivity contribution is 6.06. The van der Waals surface area contributed by atoms with E-state index in [1.807, 2.05) is 4.90 Å². The molecule has 1 N–H and O–H groups in total. The van der Waals surface area contributed by atoms with Crippen LogP contribution in [0.15, 0.2) is 36.4 Å². The van der Waals surface area contributed by atoms with Crippen molar-refractivity contribution in [1.82, 2.24) is 0 Å². The Morgan fingerprint density at radius 1 is 1.20 bits per heavy atom. The SMILES string of the molecule is CCOc1ccc(C(=O)Nc2cc(C(F)(F)F)ccc2N2CCCC2)cc1[N+](=O)[O-]. The maximum absolute atomic E-state index is 13.2. The number of nitrogens with one attached hydrogen (secondary N) is 1. The van der Waals surface area contributed by atoms with Gasteiger partial charge in [0.2, 0.25) is 0 Å². The molecule has 3 rings (SSSR count). The molecule has 1 aliphatic rings. The van der Waals surface area contributed by atoms with Crippen molar-refractivity contribution >= 4 is 23.0 Å². The van der Waals surface area contributed by atoms with Crippen LogP contribution in [0.25, 0.3) is 0 Å². The molecular formula is C20H20F3N3O4. The van der Waals surface area contributed by atoms with Crippen LogP contribution in [0.2, 0.25) is 0 Å². The molecule has 0 aromatic heterocycles. The molecule has 7 nitrogen and oxygen atoms in total. The largest absolute Gasteiger partial charge is 0.487 e. The van der Waals surface area contributed by atoms with E-state index in [2.05, 4.69) is 5.32 Å². The Bertz CT molecular complexity index is 957. The monoisotopic (exact) mass is 423 g/mol. The van der Waals surface area contributed by atoms with E-state index >= 15 is 0 Å². The third kappa shape index (κ3) is 4.64. The third-order valence-electron chi connectivity index (χ3n) is 4.74. The fourth-order valence-corrected chi connectivity index (χ4v) is 3.32. The van der Waals surface area contributed by atoms with Crippen LogP contribution in [0.4, 0.5) is 30.2 Å². The molecule has 0 aliphatic carbocycles. The lowest BCUT2D eigenvalue weighted by Gasteiger charge is -2.23. The van der Waals surface area contributed by atoms with Gasteiger partial charge in [-0.1, -0.05) is 0 Å². The molecule has 10 heteroatoms. The lowest BCUT2D eigenvalue weighted by molar-refractivity contribution is -0.385. The Kier molecular flexibility index (Phi) is 6.14. The molecule has 160 valence electrons. The standard InChI is InChI=1S/C20H20F3N3O4/c1-2-30-18-8-5-13(11-17(18)26(28)29)19(27)24-15-12-14(20(21,22)23)6-7-16(15)25-9-3-4-10-25/h5-8,11-12H,2-4,9-10H2,1H3,(H,24,27). The second-order valence-electron chi connectivity index (χ2n) is 6.75. The zero-order valence-corrected chi connectivity index (χ0v) is 16.2. The molecule has 0 spiro atoms. The van der Waals surface area contributed by atoms with E-state index in [1.165, 1.54) is 18.2 Å². The summed E-state index contributed by atoms with van der Waals surface area (Å²) in [6.07, 6.45) is -2.76. The number of ether oxygens (including phenoxy) is 1. The summed E-state index contributed by atoms with van der Waals surface area (Å²) in [7, 11) is 0. The van der Waals surface area contributed by atoms with Gasteiger partial charge < -0.3 is 15.0 Å².